The van der Waals surface area contributed by atoms with E-state index in [1.165, 1.54) is 46.6 Å². The van der Waals surface area contributed by atoms with E-state index >= 15 is 0 Å². The summed E-state index contributed by atoms with van der Waals surface area (Å²) in [5, 5.41) is 16.1. The lowest BCUT2D eigenvalue weighted by Gasteiger charge is -2.03. The number of aryl methyl sites for hydroxylation is 1. The summed E-state index contributed by atoms with van der Waals surface area (Å²) in [5.74, 6) is -0.245. The maximum Gasteiger partial charge on any atom is 0.236 e. The van der Waals surface area contributed by atoms with Gasteiger partial charge in [-0.05, 0) is 36.8 Å². The van der Waals surface area contributed by atoms with Crippen LogP contribution < -0.4 is 5.32 Å². The fourth-order valence-corrected chi connectivity index (χ4v) is 4.65. The maximum absolute atomic E-state index is 13.2. The average molecular weight is 406 g/mol. The van der Waals surface area contributed by atoms with E-state index in [2.05, 4.69) is 20.5 Å². The minimum absolute atomic E-state index is 0.153. The number of anilines is 1. The highest BCUT2D eigenvalue weighted by atomic mass is 32.2. The smallest absolute Gasteiger partial charge is 0.236 e. The van der Waals surface area contributed by atoms with Gasteiger partial charge in [-0.3, -0.25) is 9.20 Å². The summed E-state index contributed by atoms with van der Waals surface area (Å²) < 4.78 is 15.0. The summed E-state index contributed by atoms with van der Waals surface area (Å²) in [4.78, 5) is 17.1. The van der Waals surface area contributed by atoms with Gasteiger partial charge in [-0.25, -0.2) is 9.37 Å². The molecular weight excluding hydrogens is 393 g/mol. The number of nitrogens with one attached hydrogen (secondary N) is 1. The first-order valence-corrected chi connectivity index (χ1v) is 10.3. The second kappa shape index (κ2) is 7.14. The number of halogens is 1. The van der Waals surface area contributed by atoms with Crippen LogP contribution in [0, 0.1) is 12.7 Å². The van der Waals surface area contributed by atoms with Crippen molar-refractivity contribution in [2.45, 2.75) is 12.1 Å². The molecule has 26 heavy (non-hydrogen) atoms. The Morgan fingerprint density at radius 3 is 2.77 bits per heavy atom. The Morgan fingerprint density at radius 2 is 2.04 bits per heavy atom. The maximum atomic E-state index is 13.2. The lowest BCUT2D eigenvalue weighted by atomic mass is 10.2. The van der Waals surface area contributed by atoms with Gasteiger partial charge in [0.25, 0.3) is 0 Å². The van der Waals surface area contributed by atoms with Crippen LogP contribution in [0.5, 0.6) is 0 Å². The van der Waals surface area contributed by atoms with Gasteiger partial charge in [-0.1, -0.05) is 11.8 Å². The normalized spacial score (nSPS) is 11.2. The van der Waals surface area contributed by atoms with Gasteiger partial charge in [0.05, 0.1) is 17.1 Å². The molecule has 0 radical (unpaired) electrons. The van der Waals surface area contributed by atoms with Crippen molar-refractivity contribution in [1.29, 1.82) is 0 Å². The van der Waals surface area contributed by atoms with Gasteiger partial charge in [0.2, 0.25) is 10.9 Å². The molecule has 0 saturated carbocycles. The van der Waals surface area contributed by atoms with E-state index in [0.29, 0.717) is 10.3 Å². The minimum atomic E-state index is -0.285. The fraction of sp³-hybridized carbons (Fsp3) is 0.125. The van der Waals surface area contributed by atoms with Crippen LogP contribution in [0.2, 0.25) is 0 Å². The lowest BCUT2D eigenvalue weighted by molar-refractivity contribution is -0.113. The summed E-state index contributed by atoms with van der Waals surface area (Å²) in [6.07, 6.45) is 0. The number of hydrogen-bond donors (Lipinski definition) is 1. The number of benzene rings is 1. The molecule has 1 aromatic carbocycles. The van der Waals surface area contributed by atoms with E-state index in [0.717, 1.165) is 21.9 Å². The summed E-state index contributed by atoms with van der Waals surface area (Å²) in [6.45, 7) is 1.88. The summed E-state index contributed by atoms with van der Waals surface area (Å²) >= 11 is 4.13. The molecule has 0 aliphatic heterocycles. The molecule has 3 aromatic heterocycles. The van der Waals surface area contributed by atoms with Crippen molar-refractivity contribution in [3.8, 4) is 11.3 Å². The van der Waals surface area contributed by atoms with Crippen molar-refractivity contribution in [3.63, 3.8) is 0 Å². The molecule has 132 valence electrons. The van der Waals surface area contributed by atoms with E-state index in [1.807, 2.05) is 22.1 Å². The van der Waals surface area contributed by atoms with Crippen LogP contribution in [0.25, 0.3) is 16.2 Å². The van der Waals surface area contributed by atoms with Gasteiger partial charge in [0.1, 0.15) is 5.82 Å². The molecule has 0 fully saturated rings. The molecule has 4 aromatic rings. The largest absolute Gasteiger partial charge is 0.301 e. The van der Waals surface area contributed by atoms with Crippen molar-refractivity contribution >= 4 is 50.4 Å². The first kappa shape index (κ1) is 17.1. The minimum Gasteiger partial charge on any atom is -0.301 e. The topological polar surface area (TPSA) is 72.2 Å². The zero-order chi connectivity index (χ0) is 18.1. The molecule has 0 spiro atoms. The highest BCUT2D eigenvalue weighted by Crippen LogP contribution is 2.30. The van der Waals surface area contributed by atoms with Crippen LogP contribution in [0.3, 0.4) is 0 Å². The van der Waals surface area contributed by atoms with Gasteiger partial charge in [0, 0.05) is 10.8 Å². The van der Waals surface area contributed by atoms with Gasteiger partial charge in [-0.15, -0.1) is 32.9 Å². The summed E-state index contributed by atoms with van der Waals surface area (Å²) in [6, 6.07) is 6.25. The van der Waals surface area contributed by atoms with Crippen LogP contribution in [0.1, 0.15) is 5.69 Å². The second-order valence-electron chi connectivity index (χ2n) is 5.36. The quantitative estimate of drug-likeness (QED) is 0.506. The Kier molecular flexibility index (Phi) is 4.70. The molecule has 0 unspecified atom stereocenters. The number of hydrogen-bond acceptors (Lipinski definition) is 7. The first-order chi connectivity index (χ1) is 12.6. The van der Waals surface area contributed by atoms with Crippen molar-refractivity contribution in [3.05, 3.63) is 46.5 Å². The Labute approximate surface area is 160 Å². The van der Waals surface area contributed by atoms with E-state index in [-0.39, 0.29) is 17.5 Å². The van der Waals surface area contributed by atoms with Crippen molar-refractivity contribution < 1.29 is 9.18 Å². The average Bonchev–Trinajstić information content (AvgIpc) is 3.31. The standard InChI is InChI=1S/C16H12FN5OS3/c1-9-6-24-14(18-9)19-13(23)8-26-16-21-20-15-22(16)12(7-25-15)10-2-4-11(17)5-3-10/h2-7H,8H2,1H3,(H,18,19,23). The van der Waals surface area contributed by atoms with Crippen LogP contribution in [0.4, 0.5) is 9.52 Å². The van der Waals surface area contributed by atoms with E-state index in [4.69, 9.17) is 0 Å². The molecule has 1 amide bonds. The molecule has 10 heteroatoms. The third-order valence-corrected chi connectivity index (χ3v) is 6.08. The molecule has 0 bridgehead atoms. The van der Waals surface area contributed by atoms with Crippen molar-refractivity contribution in [2.24, 2.45) is 0 Å². The zero-order valence-corrected chi connectivity index (χ0v) is 15.9. The fourth-order valence-electron chi connectivity index (χ4n) is 2.31. The molecule has 0 atom stereocenters. The molecule has 0 saturated heterocycles. The SMILES string of the molecule is Cc1csc(NC(=O)CSc2nnc3scc(-c4ccc(F)cc4)n23)n1. The third kappa shape index (κ3) is 3.48. The Hall–Kier alpha value is -2.30. The van der Waals surface area contributed by atoms with E-state index in [1.54, 1.807) is 12.1 Å². The molecule has 1 N–H and O–H groups in total. The highest BCUT2D eigenvalue weighted by molar-refractivity contribution is 7.99. The number of carbonyl (C=O) groups excluding carboxylic acids is 1. The second-order valence-corrected chi connectivity index (χ2v) is 8.00. The number of thiazole rings is 2. The van der Waals surface area contributed by atoms with Gasteiger partial charge in [-0.2, -0.15) is 0 Å². The third-order valence-electron chi connectivity index (χ3n) is 3.46. The number of thioether (sulfide) groups is 1. The summed E-state index contributed by atoms with van der Waals surface area (Å²) in [7, 11) is 0. The first-order valence-electron chi connectivity index (χ1n) is 7.53. The molecule has 4 rings (SSSR count). The lowest BCUT2D eigenvalue weighted by Crippen LogP contribution is -2.14. The van der Waals surface area contributed by atoms with Gasteiger partial charge < -0.3 is 5.32 Å². The number of fused-ring (bicyclic) bond motifs is 1. The van der Waals surface area contributed by atoms with Crippen molar-refractivity contribution in [1.82, 2.24) is 19.6 Å². The molecule has 3 heterocycles. The van der Waals surface area contributed by atoms with Crippen LogP contribution in [-0.2, 0) is 4.79 Å². The van der Waals surface area contributed by atoms with Gasteiger partial charge >= 0.3 is 0 Å². The number of rotatable bonds is 5. The monoisotopic (exact) mass is 405 g/mol. The number of nitrogens with zero attached hydrogens (tertiary/aromatic N) is 4. The number of amides is 1. The molecule has 0 aliphatic carbocycles. The number of aromatic nitrogens is 4. The Morgan fingerprint density at radius 1 is 1.23 bits per heavy atom. The van der Waals surface area contributed by atoms with E-state index < -0.39 is 0 Å². The van der Waals surface area contributed by atoms with Crippen LogP contribution >= 0.6 is 34.4 Å². The van der Waals surface area contributed by atoms with Crippen LogP contribution in [-0.4, -0.2) is 31.2 Å². The Balaban J connectivity index is 1.52. The number of carbonyl (C=O) groups is 1. The Bertz CT molecular complexity index is 1070. The van der Waals surface area contributed by atoms with Crippen molar-refractivity contribution in [2.75, 3.05) is 11.1 Å². The predicted octanol–water partition coefficient (Wildman–Crippen LogP) is 4.09. The highest BCUT2D eigenvalue weighted by Gasteiger charge is 2.15. The van der Waals surface area contributed by atoms with E-state index in [9.17, 15) is 9.18 Å². The zero-order valence-electron chi connectivity index (χ0n) is 13.5. The predicted molar refractivity (Wildman–Crippen MR) is 102 cm³/mol. The summed E-state index contributed by atoms with van der Waals surface area (Å²) in [5.41, 5.74) is 2.61. The van der Waals surface area contributed by atoms with Gasteiger partial charge in [0.15, 0.2) is 10.3 Å². The van der Waals surface area contributed by atoms with Crippen LogP contribution in [0.15, 0.2) is 40.2 Å². The molecule has 0 aliphatic rings. The molecular formula is C16H12FN5OS3. The molecule has 6 nitrogen and oxygen atoms in total.